The molecule has 2 heterocycles. The van der Waals surface area contributed by atoms with Crippen molar-refractivity contribution >= 4 is 11.6 Å². The highest BCUT2D eigenvalue weighted by Crippen LogP contribution is 2.38. The third kappa shape index (κ3) is 1.35. The van der Waals surface area contributed by atoms with Gasteiger partial charge in [0.2, 0.25) is 5.91 Å². The molecular formula is C12H14N2O. The molecule has 1 aromatic rings. The molecule has 2 aliphatic rings. The van der Waals surface area contributed by atoms with Crippen LogP contribution in [0.15, 0.2) is 24.3 Å². The van der Waals surface area contributed by atoms with E-state index < -0.39 is 0 Å². The van der Waals surface area contributed by atoms with Gasteiger partial charge < -0.3 is 10.6 Å². The Morgan fingerprint density at radius 3 is 3.00 bits per heavy atom. The number of anilines is 1. The largest absolute Gasteiger partial charge is 0.326 e. The van der Waals surface area contributed by atoms with Gasteiger partial charge in [-0.15, -0.1) is 0 Å². The molecule has 1 fully saturated rings. The maximum absolute atomic E-state index is 11.8. The van der Waals surface area contributed by atoms with Gasteiger partial charge in [0.05, 0.1) is 5.92 Å². The number of hydrogen-bond donors (Lipinski definition) is 2. The van der Waals surface area contributed by atoms with Gasteiger partial charge in [0.15, 0.2) is 0 Å². The Labute approximate surface area is 88.9 Å². The Balaban J connectivity index is 2.06. The Bertz CT molecular complexity index is 402. The van der Waals surface area contributed by atoms with Crippen molar-refractivity contribution in [1.29, 1.82) is 0 Å². The number of para-hydroxylation sites is 1. The molecule has 1 aromatic carbocycles. The Morgan fingerprint density at radius 2 is 2.07 bits per heavy atom. The summed E-state index contributed by atoms with van der Waals surface area (Å²) in [5, 5.41) is 6.26. The van der Waals surface area contributed by atoms with Crippen molar-refractivity contribution < 1.29 is 4.79 Å². The molecule has 0 bridgehead atoms. The second kappa shape index (κ2) is 3.35. The summed E-state index contributed by atoms with van der Waals surface area (Å²) < 4.78 is 0. The zero-order valence-electron chi connectivity index (χ0n) is 8.49. The van der Waals surface area contributed by atoms with Crippen molar-refractivity contribution in [2.45, 2.75) is 12.3 Å². The Morgan fingerprint density at radius 1 is 1.20 bits per heavy atom. The monoisotopic (exact) mass is 202 g/mol. The van der Waals surface area contributed by atoms with E-state index in [2.05, 4.69) is 22.8 Å². The number of carbonyl (C=O) groups excluding carboxylic acids is 1. The molecule has 1 amide bonds. The maximum atomic E-state index is 11.8. The Kier molecular flexibility index (Phi) is 1.99. The minimum atomic E-state index is 0.119. The first kappa shape index (κ1) is 8.92. The lowest BCUT2D eigenvalue weighted by Crippen LogP contribution is -2.44. The van der Waals surface area contributed by atoms with Crippen LogP contribution in [0.2, 0.25) is 0 Å². The molecule has 0 saturated carbocycles. The van der Waals surface area contributed by atoms with Gasteiger partial charge in [0.1, 0.15) is 0 Å². The van der Waals surface area contributed by atoms with Crippen LogP contribution in [0.1, 0.15) is 17.9 Å². The number of fused-ring (bicyclic) bond motifs is 3. The average molecular weight is 202 g/mol. The summed E-state index contributed by atoms with van der Waals surface area (Å²) in [5.41, 5.74) is 2.31. The molecular weight excluding hydrogens is 188 g/mol. The molecule has 15 heavy (non-hydrogen) atoms. The SMILES string of the molecule is O=C1Nc2ccccc2[C@@H]2CCNC[C@H]12. The number of carbonyl (C=O) groups is 1. The molecule has 0 spiro atoms. The number of nitrogens with one attached hydrogen (secondary N) is 2. The van der Waals surface area contributed by atoms with E-state index in [9.17, 15) is 4.79 Å². The van der Waals surface area contributed by atoms with E-state index in [0.29, 0.717) is 5.92 Å². The van der Waals surface area contributed by atoms with Gasteiger partial charge in [0.25, 0.3) is 0 Å². The molecule has 0 radical (unpaired) electrons. The van der Waals surface area contributed by atoms with Gasteiger partial charge >= 0.3 is 0 Å². The average Bonchev–Trinajstić information content (AvgIpc) is 2.30. The van der Waals surface area contributed by atoms with E-state index in [4.69, 9.17) is 0 Å². The summed E-state index contributed by atoms with van der Waals surface area (Å²) in [4.78, 5) is 11.8. The zero-order valence-corrected chi connectivity index (χ0v) is 8.49. The fraction of sp³-hybridized carbons (Fsp3) is 0.417. The lowest BCUT2D eigenvalue weighted by molar-refractivity contribution is -0.121. The summed E-state index contributed by atoms with van der Waals surface area (Å²) in [6.45, 7) is 1.83. The highest BCUT2D eigenvalue weighted by Gasteiger charge is 2.36. The van der Waals surface area contributed by atoms with Gasteiger partial charge in [-0.1, -0.05) is 18.2 Å². The number of piperidine rings is 1. The van der Waals surface area contributed by atoms with Crippen LogP contribution in [-0.4, -0.2) is 19.0 Å². The van der Waals surface area contributed by atoms with Crippen LogP contribution in [0.5, 0.6) is 0 Å². The van der Waals surface area contributed by atoms with Crippen molar-refractivity contribution in [1.82, 2.24) is 5.32 Å². The fourth-order valence-corrected chi connectivity index (χ4v) is 2.67. The first-order chi connectivity index (χ1) is 7.36. The van der Waals surface area contributed by atoms with Crippen molar-refractivity contribution in [3.63, 3.8) is 0 Å². The molecule has 2 N–H and O–H groups in total. The standard InChI is InChI=1S/C12H14N2O/c15-12-10-7-13-6-5-8(10)9-3-1-2-4-11(9)14-12/h1-4,8,10,13H,5-7H2,(H,14,15)/t8-,10-/m0/s1. The van der Waals surface area contributed by atoms with Crippen LogP contribution >= 0.6 is 0 Å². The summed E-state index contributed by atoms with van der Waals surface area (Å²) in [6, 6.07) is 8.15. The van der Waals surface area contributed by atoms with Gasteiger partial charge in [-0.2, -0.15) is 0 Å². The molecule has 2 atom stereocenters. The van der Waals surface area contributed by atoms with Gasteiger partial charge in [-0.3, -0.25) is 4.79 Å². The highest BCUT2D eigenvalue weighted by atomic mass is 16.2. The summed E-state index contributed by atoms with van der Waals surface area (Å²) in [6.07, 6.45) is 1.06. The summed E-state index contributed by atoms with van der Waals surface area (Å²) in [7, 11) is 0. The van der Waals surface area contributed by atoms with Crippen LogP contribution in [0.4, 0.5) is 5.69 Å². The van der Waals surface area contributed by atoms with Gasteiger partial charge in [-0.25, -0.2) is 0 Å². The third-order valence-electron chi connectivity index (χ3n) is 3.44. The maximum Gasteiger partial charge on any atom is 0.229 e. The third-order valence-corrected chi connectivity index (χ3v) is 3.44. The van der Waals surface area contributed by atoms with E-state index in [1.54, 1.807) is 0 Å². The highest BCUT2D eigenvalue weighted by molar-refractivity contribution is 5.96. The van der Waals surface area contributed by atoms with E-state index >= 15 is 0 Å². The predicted octanol–water partition coefficient (Wildman–Crippen LogP) is 1.33. The first-order valence-electron chi connectivity index (χ1n) is 5.47. The smallest absolute Gasteiger partial charge is 0.229 e. The van der Waals surface area contributed by atoms with Crippen molar-refractivity contribution in [3.05, 3.63) is 29.8 Å². The topological polar surface area (TPSA) is 41.1 Å². The second-order valence-electron chi connectivity index (χ2n) is 4.28. The van der Waals surface area contributed by atoms with Crippen LogP contribution in [-0.2, 0) is 4.79 Å². The fourth-order valence-electron chi connectivity index (χ4n) is 2.67. The minimum Gasteiger partial charge on any atom is -0.326 e. The lowest BCUT2D eigenvalue weighted by atomic mass is 9.77. The van der Waals surface area contributed by atoms with E-state index in [1.165, 1.54) is 5.56 Å². The molecule has 3 heteroatoms. The van der Waals surface area contributed by atoms with Crippen LogP contribution in [0.25, 0.3) is 0 Å². The molecule has 0 aliphatic carbocycles. The molecule has 3 nitrogen and oxygen atoms in total. The summed E-state index contributed by atoms with van der Waals surface area (Å²) in [5.74, 6) is 0.704. The van der Waals surface area contributed by atoms with Crippen LogP contribution in [0.3, 0.4) is 0 Å². The minimum absolute atomic E-state index is 0.119. The predicted molar refractivity (Wildman–Crippen MR) is 58.8 cm³/mol. The zero-order chi connectivity index (χ0) is 10.3. The van der Waals surface area contributed by atoms with E-state index in [0.717, 1.165) is 25.2 Å². The second-order valence-corrected chi connectivity index (χ2v) is 4.28. The number of rotatable bonds is 0. The normalized spacial score (nSPS) is 28.9. The van der Waals surface area contributed by atoms with Crippen molar-refractivity contribution in [2.75, 3.05) is 18.4 Å². The number of amides is 1. The molecule has 78 valence electrons. The van der Waals surface area contributed by atoms with Crippen molar-refractivity contribution in [3.8, 4) is 0 Å². The van der Waals surface area contributed by atoms with Gasteiger partial charge in [0, 0.05) is 12.2 Å². The van der Waals surface area contributed by atoms with Crippen LogP contribution in [0, 0.1) is 5.92 Å². The molecule has 3 rings (SSSR count). The number of benzene rings is 1. The van der Waals surface area contributed by atoms with Crippen LogP contribution < -0.4 is 10.6 Å². The molecule has 2 aliphatic heterocycles. The summed E-state index contributed by atoms with van der Waals surface area (Å²) >= 11 is 0. The van der Waals surface area contributed by atoms with Gasteiger partial charge in [-0.05, 0) is 30.5 Å². The molecule has 0 aromatic heterocycles. The van der Waals surface area contributed by atoms with E-state index in [1.807, 2.05) is 12.1 Å². The quantitative estimate of drug-likeness (QED) is 0.666. The molecule has 1 saturated heterocycles. The Hall–Kier alpha value is -1.35. The lowest BCUT2D eigenvalue weighted by Gasteiger charge is -2.36. The van der Waals surface area contributed by atoms with Crippen molar-refractivity contribution in [2.24, 2.45) is 5.92 Å². The number of hydrogen-bond acceptors (Lipinski definition) is 2. The molecule has 0 unspecified atom stereocenters. The first-order valence-corrected chi connectivity index (χ1v) is 5.47. The van der Waals surface area contributed by atoms with E-state index in [-0.39, 0.29) is 11.8 Å².